The third-order valence-corrected chi connectivity index (χ3v) is 2.58. The third-order valence-electron chi connectivity index (χ3n) is 2.37. The van der Waals surface area contributed by atoms with Crippen LogP contribution in [0.3, 0.4) is 0 Å². The zero-order valence-electron chi connectivity index (χ0n) is 10.3. The van der Waals surface area contributed by atoms with E-state index in [4.69, 9.17) is 22.7 Å². The molecule has 6 heteroatoms. The van der Waals surface area contributed by atoms with Gasteiger partial charge in [0.25, 0.3) is 0 Å². The summed E-state index contributed by atoms with van der Waals surface area (Å²) >= 11 is 4.83. The maximum absolute atomic E-state index is 11.9. The topological polar surface area (TPSA) is 68.5 Å². The summed E-state index contributed by atoms with van der Waals surface area (Å²) < 4.78 is 4.86. The first kappa shape index (κ1) is 14.5. The number of rotatable bonds is 7. The summed E-state index contributed by atoms with van der Waals surface area (Å²) in [5.41, 5.74) is 6.47. The zero-order valence-corrected chi connectivity index (χ0v) is 11.2. The molecule has 0 fully saturated rings. The Labute approximate surface area is 112 Å². The predicted molar refractivity (Wildman–Crippen MR) is 72.9 cm³/mol. The van der Waals surface area contributed by atoms with Crippen molar-refractivity contribution < 1.29 is 9.53 Å². The van der Waals surface area contributed by atoms with Gasteiger partial charge in [-0.05, 0) is 17.7 Å². The van der Waals surface area contributed by atoms with Crippen molar-refractivity contribution in [1.82, 2.24) is 9.88 Å². The fourth-order valence-corrected chi connectivity index (χ4v) is 1.55. The molecule has 1 rings (SSSR count). The molecule has 1 aromatic rings. The molecular weight excluding hydrogens is 250 g/mol. The van der Waals surface area contributed by atoms with Gasteiger partial charge in [-0.3, -0.25) is 9.78 Å². The minimum atomic E-state index is -0.0782. The van der Waals surface area contributed by atoms with Crippen LogP contribution in [0, 0.1) is 0 Å². The first-order valence-electron chi connectivity index (χ1n) is 5.57. The Morgan fingerprint density at radius 1 is 1.50 bits per heavy atom. The number of ether oxygens (including phenoxy) is 1. The first-order chi connectivity index (χ1) is 8.63. The van der Waals surface area contributed by atoms with Gasteiger partial charge in [0, 0.05) is 39.0 Å². The molecule has 5 nitrogen and oxygen atoms in total. The first-order valence-corrected chi connectivity index (χ1v) is 5.98. The molecule has 98 valence electrons. The average molecular weight is 267 g/mol. The molecule has 0 aliphatic heterocycles. The lowest BCUT2D eigenvalue weighted by atomic mass is 10.2. The number of aromatic nitrogens is 1. The molecule has 0 aliphatic rings. The van der Waals surface area contributed by atoms with Crippen LogP contribution in [0.4, 0.5) is 0 Å². The van der Waals surface area contributed by atoms with Crippen LogP contribution >= 0.6 is 12.2 Å². The van der Waals surface area contributed by atoms with Crippen LogP contribution in [0.2, 0.25) is 0 Å². The summed E-state index contributed by atoms with van der Waals surface area (Å²) in [6.45, 7) is 1.07. The second-order valence-electron chi connectivity index (χ2n) is 3.82. The van der Waals surface area contributed by atoms with Gasteiger partial charge >= 0.3 is 0 Å². The van der Waals surface area contributed by atoms with Crippen molar-refractivity contribution in [3.63, 3.8) is 0 Å². The van der Waals surface area contributed by atoms with Crippen molar-refractivity contribution in [1.29, 1.82) is 0 Å². The molecule has 0 spiro atoms. The van der Waals surface area contributed by atoms with Gasteiger partial charge in [-0.25, -0.2) is 0 Å². The molecule has 18 heavy (non-hydrogen) atoms. The number of nitrogens with two attached hydrogens (primary N) is 1. The standard InChI is InChI=1S/C12H17N3O2S/c1-17-9-12(16)15(7-4-11(13)18)8-10-2-5-14-6-3-10/h2-3,5-6H,4,7-9H2,1H3,(H2,13,18). The van der Waals surface area contributed by atoms with Crippen LogP contribution in [-0.4, -0.2) is 41.0 Å². The number of methoxy groups -OCH3 is 1. The molecule has 0 radical (unpaired) electrons. The van der Waals surface area contributed by atoms with E-state index in [-0.39, 0.29) is 12.5 Å². The Hall–Kier alpha value is -1.53. The fraction of sp³-hybridized carbons (Fsp3) is 0.417. The summed E-state index contributed by atoms with van der Waals surface area (Å²) in [7, 11) is 1.50. The Bertz CT molecular complexity index is 398. The number of thiocarbonyl (C=S) groups is 1. The quantitative estimate of drug-likeness (QED) is 0.738. The molecule has 1 heterocycles. The van der Waals surface area contributed by atoms with Crippen molar-refractivity contribution >= 4 is 23.1 Å². The Kier molecular flexibility index (Phi) is 6.24. The van der Waals surface area contributed by atoms with Crippen molar-refractivity contribution in [3.05, 3.63) is 30.1 Å². The van der Waals surface area contributed by atoms with Gasteiger partial charge in [0.15, 0.2) is 0 Å². The second-order valence-corrected chi connectivity index (χ2v) is 4.34. The van der Waals surface area contributed by atoms with E-state index >= 15 is 0 Å². The van der Waals surface area contributed by atoms with Crippen LogP contribution in [0.15, 0.2) is 24.5 Å². The van der Waals surface area contributed by atoms with Crippen LogP contribution in [0.25, 0.3) is 0 Å². The van der Waals surface area contributed by atoms with E-state index in [1.807, 2.05) is 12.1 Å². The van der Waals surface area contributed by atoms with E-state index in [9.17, 15) is 4.79 Å². The monoisotopic (exact) mass is 267 g/mol. The van der Waals surface area contributed by atoms with Gasteiger partial charge in [0.2, 0.25) is 5.91 Å². The molecule has 0 saturated heterocycles. The normalized spacial score (nSPS) is 10.1. The Morgan fingerprint density at radius 2 is 2.17 bits per heavy atom. The average Bonchev–Trinajstić information content (AvgIpc) is 2.35. The van der Waals surface area contributed by atoms with Gasteiger partial charge in [-0.1, -0.05) is 12.2 Å². The summed E-state index contributed by atoms with van der Waals surface area (Å²) in [6, 6.07) is 3.74. The molecule has 0 saturated carbocycles. The van der Waals surface area contributed by atoms with Gasteiger partial charge in [0.05, 0.1) is 4.99 Å². The smallest absolute Gasteiger partial charge is 0.248 e. The molecule has 0 aliphatic carbocycles. The van der Waals surface area contributed by atoms with Gasteiger partial charge in [-0.15, -0.1) is 0 Å². The van der Waals surface area contributed by atoms with Crippen molar-refractivity contribution in [2.75, 3.05) is 20.3 Å². The second kappa shape index (κ2) is 7.73. The van der Waals surface area contributed by atoms with E-state index in [2.05, 4.69) is 4.98 Å². The number of carbonyl (C=O) groups is 1. The number of amides is 1. The molecule has 1 amide bonds. The van der Waals surface area contributed by atoms with Crippen LogP contribution in [-0.2, 0) is 16.1 Å². The lowest BCUT2D eigenvalue weighted by molar-refractivity contribution is -0.135. The maximum atomic E-state index is 11.9. The molecule has 2 N–H and O–H groups in total. The molecule has 0 atom stereocenters. The van der Waals surface area contributed by atoms with Crippen molar-refractivity contribution in [2.45, 2.75) is 13.0 Å². The van der Waals surface area contributed by atoms with E-state index in [1.165, 1.54) is 7.11 Å². The Balaban J connectivity index is 2.64. The number of carbonyl (C=O) groups excluding carboxylic acids is 1. The van der Waals surface area contributed by atoms with E-state index in [0.29, 0.717) is 24.5 Å². The molecular formula is C12H17N3O2S. The number of nitrogens with zero attached hydrogens (tertiary/aromatic N) is 2. The predicted octanol–water partition coefficient (Wildman–Crippen LogP) is 0.733. The minimum Gasteiger partial charge on any atom is -0.393 e. The molecule has 0 unspecified atom stereocenters. The maximum Gasteiger partial charge on any atom is 0.248 e. The highest BCUT2D eigenvalue weighted by atomic mass is 32.1. The molecule has 0 bridgehead atoms. The highest BCUT2D eigenvalue weighted by Gasteiger charge is 2.13. The van der Waals surface area contributed by atoms with Gasteiger partial charge in [0.1, 0.15) is 6.61 Å². The summed E-state index contributed by atoms with van der Waals surface area (Å²) in [4.78, 5) is 17.9. The van der Waals surface area contributed by atoms with Crippen molar-refractivity contribution in [3.8, 4) is 0 Å². The van der Waals surface area contributed by atoms with Crippen molar-refractivity contribution in [2.24, 2.45) is 5.73 Å². The minimum absolute atomic E-state index is 0.0580. The summed E-state index contributed by atoms with van der Waals surface area (Å²) in [6.07, 6.45) is 3.90. The lowest BCUT2D eigenvalue weighted by Gasteiger charge is -2.22. The summed E-state index contributed by atoms with van der Waals surface area (Å²) in [5, 5.41) is 0. The van der Waals surface area contributed by atoms with Gasteiger partial charge in [-0.2, -0.15) is 0 Å². The van der Waals surface area contributed by atoms with E-state index < -0.39 is 0 Å². The summed E-state index contributed by atoms with van der Waals surface area (Å²) in [5.74, 6) is -0.0782. The largest absolute Gasteiger partial charge is 0.393 e. The number of hydrogen-bond donors (Lipinski definition) is 1. The fourth-order valence-electron chi connectivity index (χ4n) is 1.46. The van der Waals surface area contributed by atoms with Gasteiger partial charge < -0.3 is 15.4 Å². The number of hydrogen-bond acceptors (Lipinski definition) is 4. The third kappa shape index (κ3) is 5.20. The molecule has 0 aromatic carbocycles. The van der Waals surface area contributed by atoms with Crippen LogP contribution < -0.4 is 5.73 Å². The van der Waals surface area contributed by atoms with Crippen LogP contribution in [0.5, 0.6) is 0 Å². The highest BCUT2D eigenvalue weighted by molar-refractivity contribution is 7.80. The SMILES string of the molecule is COCC(=O)N(CCC(N)=S)Cc1ccncc1. The van der Waals surface area contributed by atoms with E-state index in [1.54, 1.807) is 17.3 Å². The Morgan fingerprint density at radius 3 is 2.72 bits per heavy atom. The van der Waals surface area contributed by atoms with E-state index in [0.717, 1.165) is 5.56 Å². The highest BCUT2D eigenvalue weighted by Crippen LogP contribution is 2.05. The zero-order chi connectivity index (χ0) is 13.4. The lowest BCUT2D eigenvalue weighted by Crippen LogP contribution is -2.35. The molecule has 1 aromatic heterocycles. The number of pyridine rings is 1. The van der Waals surface area contributed by atoms with Crippen LogP contribution in [0.1, 0.15) is 12.0 Å².